The lowest BCUT2D eigenvalue weighted by Gasteiger charge is -2.09. The first-order valence-corrected chi connectivity index (χ1v) is 9.69. The summed E-state index contributed by atoms with van der Waals surface area (Å²) in [5, 5.41) is 0.884. The quantitative estimate of drug-likeness (QED) is 0.590. The summed E-state index contributed by atoms with van der Waals surface area (Å²) in [5.74, 6) is -3.15. The van der Waals surface area contributed by atoms with Crippen LogP contribution in [0, 0.1) is 0 Å². The number of fused-ring (bicyclic) bond motifs is 1. The number of hydrogen-bond donors (Lipinski definition) is 2. The summed E-state index contributed by atoms with van der Waals surface area (Å²) in [6.45, 7) is 0. The number of methoxy groups -OCH3 is 1. The van der Waals surface area contributed by atoms with Crippen molar-refractivity contribution in [3.63, 3.8) is 0 Å². The Morgan fingerprint density at radius 2 is 2.15 bits per heavy atom. The molecule has 0 bridgehead atoms. The zero-order valence-corrected chi connectivity index (χ0v) is 15.4. The number of halogens is 3. The van der Waals surface area contributed by atoms with Gasteiger partial charge in [0.15, 0.2) is 0 Å². The Bertz CT molecular complexity index is 1060. The van der Waals surface area contributed by atoms with Crippen LogP contribution in [0.25, 0.3) is 10.9 Å². The number of anilines is 1. The SMILES string of the molecule is COc1nc(NS(=O)(=O)c2c[nH]c3cc(Cl)ccc23)ncc1SC(F)F. The van der Waals surface area contributed by atoms with E-state index in [1.807, 2.05) is 0 Å². The molecular formula is C14H11ClF2N4O3S2. The molecule has 3 rings (SSSR count). The number of rotatable bonds is 6. The number of aromatic amines is 1. The predicted molar refractivity (Wildman–Crippen MR) is 94.6 cm³/mol. The summed E-state index contributed by atoms with van der Waals surface area (Å²) in [6.07, 6.45) is 2.37. The molecule has 3 aromatic rings. The van der Waals surface area contributed by atoms with E-state index in [0.29, 0.717) is 15.9 Å². The van der Waals surface area contributed by atoms with Crippen LogP contribution in [0.5, 0.6) is 5.88 Å². The molecule has 0 aliphatic carbocycles. The molecule has 0 aliphatic rings. The van der Waals surface area contributed by atoms with Crippen LogP contribution in [0.1, 0.15) is 0 Å². The standard InChI is InChI=1S/C14H11ClF2N4O3S2/c1-24-12-10(25-13(16)17)5-19-14(20-12)21-26(22,23)11-6-18-9-4-7(15)2-3-8(9)11/h2-6,13,18H,1H3,(H,19,20,21). The van der Waals surface area contributed by atoms with Gasteiger partial charge < -0.3 is 9.72 Å². The normalized spacial score (nSPS) is 11.9. The van der Waals surface area contributed by atoms with Gasteiger partial charge in [-0.25, -0.2) is 18.1 Å². The largest absolute Gasteiger partial charge is 0.480 e. The highest BCUT2D eigenvalue weighted by molar-refractivity contribution is 7.99. The lowest BCUT2D eigenvalue weighted by atomic mass is 10.2. The summed E-state index contributed by atoms with van der Waals surface area (Å²) in [7, 11) is -2.79. The molecule has 0 aliphatic heterocycles. The highest BCUT2D eigenvalue weighted by Gasteiger charge is 2.22. The molecule has 0 spiro atoms. The summed E-state index contributed by atoms with van der Waals surface area (Å²) >= 11 is 6.08. The van der Waals surface area contributed by atoms with Crippen molar-refractivity contribution >= 4 is 50.2 Å². The number of sulfonamides is 1. The van der Waals surface area contributed by atoms with Gasteiger partial charge in [-0.2, -0.15) is 13.8 Å². The molecule has 0 atom stereocenters. The Balaban J connectivity index is 1.94. The monoisotopic (exact) mass is 420 g/mol. The van der Waals surface area contributed by atoms with Gasteiger partial charge in [-0.15, -0.1) is 0 Å². The summed E-state index contributed by atoms with van der Waals surface area (Å²) < 4.78 is 57.3. The third-order valence-corrected chi connectivity index (χ3v) is 5.57. The van der Waals surface area contributed by atoms with Crippen LogP contribution < -0.4 is 9.46 Å². The van der Waals surface area contributed by atoms with Crippen LogP contribution in [0.4, 0.5) is 14.7 Å². The second-order valence-electron chi connectivity index (χ2n) is 4.89. The topological polar surface area (TPSA) is 97.0 Å². The zero-order valence-electron chi connectivity index (χ0n) is 13.0. The molecule has 0 amide bonds. The Labute approximate surface area is 156 Å². The van der Waals surface area contributed by atoms with Crippen molar-refractivity contribution in [2.75, 3.05) is 11.8 Å². The third-order valence-electron chi connectivity index (χ3n) is 3.25. The predicted octanol–water partition coefficient (Wildman–Crippen LogP) is 3.74. The van der Waals surface area contributed by atoms with Crippen LogP contribution in [0.15, 0.2) is 40.4 Å². The van der Waals surface area contributed by atoms with Crippen LogP contribution in [-0.2, 0) is 10.0 Å². The molecule has 7 nitrogen and oxygen atoms in total. The van der Waals surface area contributed by atoms with Gasteiger partial charge >= 0.3 is 0 Å². The number of nitrogens with one attached hydrogen (secondary N) is 2. The molecule has 0 radical (unpaired) electrons. The van der Waals surface area contributed by atoms with Crippen LogP contribution in [0.3, 0.4) is 0 Å². The molecular weight excluding hydrogens is 410 g/mol. The average Bonchev–Trinajstić information content (AvgIpc) is 2.99. The lowest BCUT2D eigenvalue weighted by molar-refractivity contribution is 0.251. The molecule has 138 valence electrons. The van der Waals surface area contributed by atoms with Gasteiger partial charge in [0.05, 0.1) is 18.2 Å². The zero-order chi connectivity index (χ0) is 18.9. The van der Waals surface area contributed by atoms with E-state index in [1.54, 1.807) is 18.2 Å². The van der Waals surface area contributed by atoms with Gasteiger partial charge in [0, 0.05) is 22.1 Å². The first kappa shape index (κ1) is 18.7. The minimum atomic E-state index is -4.03. The molecule has 2 N–H and O–H groups in total. The van der Waals surface area contributed by atoms with Crippen LogP contribution >= 0.6 is 23.4 Å². The van der Waals surface area contributed by atoms with Crippen molar-refractivity contribution in [2.24, 2.45) is 0 Å². The van der Waals surface area contributed by atoms with Crippen molar-refractivity contribution in [1.82, 2.24) is 15.0 Å². The number of hydrogen-bond acceptors (Lipinski definition) is 6. The smallest absolute Gasteiger partial charge is 0.289 e. The van der Waals surface area contributed by atoms with E-state index in [9.17, 15) is 17.2 Å². The maximum absolute atomic E-state index is 12.6. The number of H-pyrrole nitrogens is 1. The number of thioether (sulfide) groups is 1. The summed E-state index contributed by atoms with van der Waals surface area (Å²) in [4.78, 5) is 10.4. The van der Waals surface area contributed by atoms with Gasteiger partial charge in [-0.05, 0) is 30.0 Å². The molecule has 26 heavy (non-hydrogen) atoms. The highest BCUT2D eigenvalue weighted by Crippen LogP contribution is 2.32. The van der Waals surface area contributed by atoms with Crippen molar-refractivity contribution < 1.29 is 21.9 Å². The minimum absolute atomic E-state index is 0.00724. The van der Waals surface area contributed by atoms with E-state index >= 15 is 0 Å². The van der Waals surface area contributed by atoms with Gasteiger partial charge in [0.25, 0.3) is 15.8 Å². The minimum Gasteiger partial charge on any atom is -0.480 e. The number of alkyl halides is 2. The van der Waals surface area contributed by atoms with Crippen LogP contribution in [0.2, 0.25) is 5.02 Å². The molecule has 2 aromatic heterocycles. The van der Waals surface area contributed by atoms with E-state index < -0.39 is 15.8 Å². The summed E-state index contributed by atoms with van der Waals surface area (Å²) in [6, 6.07) is 4.71. The van der Waals surface area contributed by atoms with Gasteiger partial charge in [-0.3, -0.25) is 0 Å². The molecule has 2 heterocycles. The second kappa shape index (κ2) is 7.25. The fourth-order valence-electron chi connectivity index (χ4n) is 2.20. The Kier molecular flexibility index (Phi) is 5.21. The third kappa shape index (κ3) is 3.84. The van der Waals surface area contributed by atoms with E-state index in [0.717, 1.165) is 6.20 Å². The van der Waals surface area contributed by atoms with E-state index in [1.165, 1.54) is 13.3 Å². The van der Waals surface area contributed by atoms with E-state index in [4.69, 9.17) is 16.3 Å². The molecule has 0 saturated heterocycles. The molecule has 0 fully saturated rings. The van der Waals surface area contributed by atoms with E-state index in [-0.39, 0.29) is 33.4 Å². The number of ether oxygens (including phenoxy) is 1. The first-order chi connectivity index (χ1) is 12.3. The Morgan fingerprint density at radius 3 is 2.85 bits per heavy atom. The van der Waals surface area contributed by atoms with Crippen molar-refractivity contribution in [3.05, 3.63) is 35.6 Å². The second-order valence-corrected chi connectivity index (χ2v) is 8.01. The van der Waals surface area contributed by atoms with Gasteiger partial charge in [0.1, 0.15) is 4.90 Å². The molecule has 12 heteroatoms. The number of benzene rings is 1. The summed E-state index contributed by atoms with van der Waals surface area (Å²) in [5.41, 5.74) is 0.542. The molecule has 0 unspecified atom stereocenters. The molecule has 1 aromatic carbocycles. The number of nitrogens with zero attached hydrogens (tertiary/aromatic N) is 2. The maximum atomic E-state index is 12.6. The lowest BCUT2D eigenvalue weighted by Crippen LogP contribution is -2.15. The highest BCUT2D eigenvalue weighted by atomic mass is 35.5. The van der Waals surface area contributed by atoms with E-state index in [2.05, 4.69) is 19.7 Å². The Hall–Kier alpha value is -2.11. The average molecular weight is 421 g/mol. The fraction of sp³-hybridized carbons (Fsp3) is 0.143. The van der Waals surface area contributed by atoms with Crippen LogP contribution in [-0.4, -0.2) is 36.2 Å². The van der Waals surface area contributed by atoms with Crippen molar-refractivity contribution in [1.29, 1.82) is 0 Å². The maximum Gasteiger partial charge on any atom is 0.289 e. The van der Waals surface area contributed by atoms with Crippen molar-refractivity contribution in [2.45, 2.75) is 15.5 Å². The molecule has 0 saturated carbocycles. The Morgan fingerprint density at radius 1 is 1.38 bits per heavy atom. The van der Waals surface area contributed by atoms with Crippen molar-refractivity contribution in [3.8, 4) is 5.88 Å². The van der Waals surface area contributed by atoms with Gasteiger partial charge in [0.2, 0.25) is 11.8 Å². The van der Waals surface area contributed by atoms with Gasteiger partial charge in [-0.1, -0.05) is 11.6 Å². The number of aromatic nitrogens is 3. The fourth-order valence-corrected chi connectivity index (χ4v) is 4.03. The first-order valence-electron chi connectivity index (χ1n) is 6.95.